The Morgan fingerprint density at radius 1 is 1.06 bits per heavy atom. The molecule has 0 aliphatic carbocycles. The molecule has 2 heterocycles. The third-order valence-electron chi connectivity index (χ3n) is 6.21. The molecule has 34 heavy (non-hydrogen) atoms. The van der Waals surface area contributed by atoms with E-state index in [1.165, 1.54) is 0 Å². The van der Waals surface area contributed by atoms with Gasteiger partial charge in [-0.3, -0.25) is 9.59 Å². The van der Waals surface area contributed by atoms with Crippen LogP contribution in [0.5, 0.6) is 5.75 Å². The molecule has 1 aliphatic heterocycles. The van der Waals surface area contributed by atoms with E-state index in [4.69, 9.17) is 4.74 Å². The number of hydrogen-bond acceptors (Lipinski definition) is 5. The molecule has 1 saturated heterocycles. The van der Waals surface area contributed by atoms with E-state index in [9.17, 15) is 9.59 Å². The third-order valence-corrected chi connectivity index (χ3v) is 6.21. The van der Waals surface area contributed by atoms with E-state index in [1.54, 1.807) is 4.68 Å². The average molecular weight is 462 g/mol. The fourth-order valence-corrected chi connectivity index (χ4v) is 4.19. The summed E-state index contributed by atoms with van der Waals surface area (Å²) in [6.07, 6.45) is 2.73. The molecule has 1 atom stereocenters. The minimum atomic E-state index is -0.300. The molecule has 1 fully saturated rings. The summed E-state index contributed by atoms with van der Waals surface area (Å²) in [5.74, 6) is 0.292. The number of aromatic nitrogens is 3. The van der Waals surface area contributed by atoms with Gasteiger partial charge in [0, 0.05) is 18.7 Å². The van der Waals surface area contributed by atoms with Crippen molar-refractivity contribution in [2.75, 3.05) is 19.7 Å². The highest BCUT2D eigenvalue weighted by Crippen LogP contribution is 2.28. The Labute approximate surface area is 199 Å². The quantitative estimate of drug-likeness (QED) is 0.552. The van der Waals surface area contributed by atoms with Gasteiger partial charge in [-0.1, -0.05) is 48.0 Å². The Hall–Kier alpha value is -3.68. The average Bonchev–Trinajstić information content (AvgIpc) is 3.52. The highest BCUT2D eigenvalue weighted by molar-refractivity contribution is 5.93. The lowest BCUT2D eigenvalue weighted by atomic mass is 10.0. The Morgan fingerprint density at radius 3 is 2.47 bits per heavy atom. The summed E-state index contributed by atoms with van der Waals surface area (Å²) in [6.45, 7) is 7.42. The molecule has 0 saturated carbocycles. The summed E-state index contributed by atoms with van der Waals surface area (Å²) in [5.41, 5.74) is 3.77. The number of benzene rings is 2. The van der Waals surface area contributed by atoms with E-state index in [0.29, 0.717) is 17.9 Å². The fraction of sp³-hybridized carbons (Fsp3) is 0.385. The first-order chi connectivity index (χ1) is 16.5. The van der Waals surface area contributed by atoms with Crippen LogP contribution in [0.3, 0.4) is 0 Å². The minimum Gasteiger partial charge on any atom is -0.483 e. The smallest absolute Gasteiger partial charge is 0.274 e. The van der Waals surface area contributed by atoms with Gasteiger partial charge in [0.2, 0.25) is 0 Å². The molecule has 1 aliphatic rings. The van der Waals surface area contributed by atoms with Crippen LogP contribution in [0.4, 0.5) is 0 Å². The zero-order valence-electron chi connectivity index (χ0n) is 20.0. The number of carbonyl (C=O) groups excluding carboxylic acids is 2. The standard InChI is InChI=1S/C26H31N5O3/c1-4-22(21-9-5-6-10-23(21)34-17-24(32)30-15-7-8-16-30)27-26(33)25-19(3)31(29-28-25)20-13-11-18(2)12-14-20/h5-6,9-14,22H,4,7-8,15-17H2,1-3H3,(H,27,33). The molecule has 0 spiro atoms. The molecule has 2 amide bonds. The number of amides is 2. The molecule has 8 nitrogen and oxygen atoms in total. The monoisotopic (exact) mass is 461 g/mol. The summed E-state index contributed by atoms with van der Waals surface area (Å²) in [7, 11) is 0. The van der Waals surface area contributed by atoms with Crippen LogP contribution in [-0.4, -0.2) is 51.4 Å². The number of aryl methyl sites for hydroxylation is 1. The first-order valence-corrected chi connectivity index (χ1v) is 11.8. The maximum atomic E-state index is 13.1. The molecule has 0 bridgehead atoms. The molecular weight excluding hydrogens is 430 g/mol. The van der Waals surface area contributed by atoms with Crippen molar-refractivity contribution in [3.05, 3.63) is 71.0 Å². The number of rotatable bonds is 8. The first kappa shape index (κ1) is 23.5. The summed E-state index contributed by atoms with van der Waals surface area (Å²) in [5, 5.41) is 11.4. The van der Waals surface area contributed by atoms with Crippen molar-refractivity contribution < 1.29 is 14.3 Å². The number of likely N-dealkylation sites (tertiary alicyclic amines) is 1. The highest BCUT2D eigenvalue weighted by atomic mass is 16.5. The van der Waals surface area contributed by atoms with Crippen LogP contribution in [0, 0.1) is 13.8 Å². The second kappa shape index (κ2) is 10.5. The maximum Gasteiger partial charge on any atom is 0.274 e. The normalized spacial score (nSPS) is 14.1. The van der Waals surface area contributed by atoms with Crippen LogP contribution in [0.2, 0.25) is 0 Å². The van der Waals surface area contributed by atoms with Crippen LogP contribution in [-0.2, 0) is 4.79 Å². The molecule has 4 rings (SSSR count). The SMILES string of the molecule is CCC(NC(=O)c1nnn(-c2ccc(C)cc2)c1C)c1ccccc1OCC(=O)N1CCCC1. The van der Waals surface area contributed by atoms with Gasteiger partial charge in [0.05, 0.1) is 17.4 Å². The Morgan fingerprint density at radius 2 is 1.76 bits per heavy atom. The molecular formula is C26H31N5O3. The van der Waals surface area contributed by atoms with Crippen molar-refractivity contribution in [1.82, 2.24) is 25.2 Å². The number of para-hydroxylation sites is 1. The Balaban J connectivity index is 1.48. The van der Waals surface area contributed by atoms with Crippen LogP contribution < -0.4 is 10.1 Å². The maximum absolute atomic E-state index is 13.1. The van der Waals surface area contributed by atoms with E-state index in [0.717, 1.165) is 42.7 Å². The van der Waals surface area contributed by atoms with Crippen LogP contribution in [0.1, 0.15) is 59.5 Å². The largest absolute Gasteiger partial charge is 0.483 e. The topological polar surface area (TPSA) is 89.4 Å². The highest BCUT2D eigenvalue weighted by Gasteiger charge is 2.23. The third kappa shape index (κ3) is 5.11. The van der Waals surface area contributed by atoms with Gasteiger partial charge in [-0.25, -0.2) is 4.68 Å². The van der Waals surface area contributed by atoms with Gasteiger partial charge in [-0.05, 0) is 51.3 Å². The van der Waals surface area contributed by atoms with Gasteiger partial charge in [0.25, 0.3) is 11.8 Å². The lowest BCUT2D eigenvalue weighted by molar-refractivity contribution is -0.132. The van der Waals surface area contributed by atoms with Crippen LogP contribution in [0.25, 0.3) is 5.69 Å². The van der Waals surface area contributed by atoms with Crippen molar-refractivity contribution in [2.45, 2.75) is 46.1 Å². The lowest BCUT2D eigenvalue weighted by Gasteiger charge is -2.21. The molecule has 1 aromatic heterocycles. The van der Waals surface area contributed by atoms with Gasteiger partial charge in [-0.15, -0.1) is 5.10 Å². The summed E-state index contributed by atoms with van der Waals surface area (Å²) in [6, 6.07) is 15.1. The number of nitrogens with zero attached hydrogens (tertiary/aromatic N) is 4. The van der Waals surface area contributed by atoms with Crippen molar-refractivity contribution in [1.29, 1.82) is 0 Å². The van der Waals surface area contributed by atoms with E-state index in [-0.39, 0.29) is 30.2 Å². The number of ether oxygens (including phenoxy) is 1. The second-order valence-electron chi connectivity index (χ2n) is 8.62. The first-order valence-electron chi connectivity index (χ1n) is 11.8. The van der Waals surface area contributed by atoms with Crippen molar-refractivity contribution in [3.63, 3.8) is 0 Å². The zero-order chi connectivity index (χ0) is 24.1. The predicted octanol–water partition coefficient (Wildman–Crippen LogP) is 3.77. The van der Waals surface area contributed by atoms with Gasteiger partial charge in [0.15, 0.2) is 12.3 Å². The van der Waals surface area contributed by atoms with Gasteiger partial charge < -0.3 is 15.0 Å². The summed E-state index contributed by atoms with van der Waals surface area (Å²) >= 11 is 0. The van der Waals surface area contributed by atoms with E-state index in [2.05, 4.69) is 15.6 Å². The fourth-order valence-electron chi connectivity index (χ4n) is 4.19. The van der Waals surface area contributed by atoms with Crippen molar-refractivity contribution in [2.24, 2.45) is 0 Å². The van der Waals surface area contributed by atoms with Crippen molar-refractivity contribution in [3.8, 4) is 11.4 Å². The van der Waals surface area contributed by atoms with E-state index in [1.807, 2.05) is 74.2 Å². The van der Waals surface area contributed by atoms with Gasteiger partial charge in [-0.2, -0.15) is 0 Å². The van der Waals surface area contributed by atoms with E-state index >= 15 is 0 Å². The minimum absolute atomic E-state index is 0.00673. The zero-order valence-corrected chi connectivity index (χ0v) is 20.0. The number of hydrogen-bond donors (Lipinski definition) is 1. The van der Waals surface area contributed by atoms with Gasteiger partial charge in [0.1, 0.15) is 5.75 Å². The molecule has 0 radical (unpaired) electrons. The molecule has 1 unspecified atom stereocenters. The molecule has 8 heteroatoms. The van der Waals surface area contributed by atoms with Crippen molar-refractivity contribution >= 4 is 11.8 Å². The predicted molar refractivity (Wildman–Crippen MR) is 129 cm³/mol. The molecule has 3 aromatic rings. The van der Waals surface area contributed by atoms with Crippen LogP contribution >= 0.6 is 0 Å². The number of nitrogens with one attached hydrogen (secondary N) is 1. The molecule has 178 valence electrons. The molecule has 2 aromatic carbocycles. The Bertz CT molecular complexity index is 1150. The number of carbonyl (C=O) groups is 2. The second-order valence-corrected chi connectivity index (χ2v) is 8.62. The van der Waals surface area contributed by atoms with E-state index < -0.39 is 0 Å². The summed E-state index contributed by atoms with van der Waals surface area (Å²) in [4.78, 5) is 27.4. The Kier molecular flexibility index (Phi) is 7.25. The van der Waals surface area contributed by atoms with Gasteiger partial charge >= 0.3 is 0 Å². The van der Waals surface area contributed by atoms with Crippen LogP contribution in [0.15, 0.2) is 48.5 Å². The molecule has 1 N–H and O–H groups in total. The lowest BCUT2D eigenvalue weighted by Crippen LogP contribution is -2.33. The summed E-state index contributed by atoms with van der Waals surface area (Å²) < 4.78 is 7.57.